The topological polar surface area (TPSA) is 75.7 Å². The van der Waals surface area contributed by atoms with E-state index in [1.807, 2.05) is 6.92 Å². The zero-order valence-corrected chi connectivity index (χ0v) is 16.4. The molecule has 2 aromatic carbocycles. The monoisotopic (exact) mass is 406 g/mol. The van der Waals surface area contributed by atoms with Crippen molar-refractivity contribution in [3.63, 3.8) is 0 Å². The molecule has 8 heteroatoms. The lowest BCUT2D eigenvalue weighted by Gasteiger charge is -2.30. The maximum atomic E-state index is 13.1. The van der Waals surface area contributed by atoms with Gasteiger partial charge in [-0.15, -0.1) is 0 Å². The van der Waals surface area contributed by atoms with Gasteiger partial charge in [0, 0.05) is 24.8 Å². The lowest BCUT2D eigenvalue weighted by atomic mass is 10.0. The molecule has 0 spiro atoms. The zero-order valence-electron chi connectivity index (χ0n) is 15.6. The van der Waals surface area contributed by atoms with E-state index in [0.717, 1.165) is 12.8 Å². The molecule has 2 aromatic rings. The fraction of sp³-hybridized carbons (Fsp3) is 0.350. The first-order valence-corrected chi connectivity index (χ1v) is 10.6. The standard InChI is InChI=1S/C20H23FN2O4S/c1-15-4-3-11-23(13-15)28(25,26)19-9-7-17(8-10-19)22-20(24)14-27-18-6-2-5-16(21)12-18/h2,5-10,12,15H,3-4,11,13-14H2,1H3,(H,22,24)/t15-/m0/s1. The highest BCUT2D eigenvalue weighted by molar-refractivity contribution is 7.89. The zero-order chi connectivity index (χ0) is 20.1. The second-order valence-corrected chi connectivity index (χ2v) is 8.87. The van der Waals surface area contributed by atoms with Gasteiger partial charge in [0.15, 0.2) is 6.61 Å². The fourth-order valence-electron chi connectivity index (χ4n) is 3.13. The summed E-state index contributed by atoms with van der Waals surface area (Å²) in [5, 5.41) is 2.63. The van der Waals surface area contributed by atoms with Crippen molar-refractivity contribution >= 4 is 21.6 Å². The van der Waals surface area contributed by atoms with Gasteiger partial charge in [-0.25, -0.2) is 12.8 Å². The van der Waals surface area contributed by atoms with Crippen LogP contribution in [0.3, 0.4) is 0 Å². The Morgan fingerprint density at radius 2 is 2.00 bits per heavy atom. The van der Waals surface area contributed by atoms with Gasteiger partial charge in [-0.1, -0.05) is 13.0 Å². The molecule has 0 radical (unpaired) electrons. The van der Waals surface area contributed by atoms with Crippen LogP contribution in [-0.4, -0.2) is 38.3 Å². The second kappa shape index (κ2) is 8.70. The van der Waals surface area contributed by atoms with Crippen LogP contribution in [0, 0.1) is 11.7 Å². The Kier molecular flexibility index (Phi) is 6.31. The maximum absolute atomic E-state index is 13.1. The van der Waals surface area contributed by atoms with E-state index >= 15 is 0 Å². The van der Waals surface area contributed by atoms with Crippen LogP contribution < -0.4 is 10.1 Å². The van der Waals surface area contributed by atoms with E-state index in [2.05, 4.69) is 5.32 Å². The van der Waals surface area contributed by atoms with Crippen LogP contribution in [0.5, 0.6) is 5.75 Å². The molecule has 0 aliphatic carbocycles. The fourth-order valence-corrected chi connectivity index (χ4v) is 4.73. The summed E-state index contributed by atoms with van der Waals surface area (Å²) in [6.45, 7) is 2.82. The van der Waals surface area contributed by atoms with Crippen molar-refractivity contribution < 1.29 is 22.3 Å². The molecule has 1 saturated heterocycles. The summed E-state index contributed by atoms with van der Waals surface area (Å²) in [6, 6.07) is 11.6. The van der Waals surface area contributed by atoms with E-state index < -0.39 is 21.7 Å². The molecule has 1 atom stereocenters. The molecule has 1 aliphatic heterocycles. The van der Waals surface area contributed by atoms with E-state index in [4.69, 9.17) is 4.74 Å². The third kappa shape index (κ3) is 5.08. The molecule has 0 aromatic heterocycles. The number of halogens is 1. The van der Waals surface area contributed by atoms with Crippen molar-refractivity contribution in [3.8, 4) is 5.75 Å². The van der Waals surface area contributed by atoms with E-state index in [-0.39, 0.29) is 17.3 Å². The lowest BCUT2D eigenvalue weighted by Crippen LogP contribution is -2.39. The SMILES string of the molecule is C[C@H]1CCCN(S(=O)(=O)c2ccc(NC(=O)COc3cccc(F)c3)cc2)C1. The van der Waals surface area contributed by atoms with Crippen molar-refractivity contribution in [3.05, 3.63) is 54.3 Å². The summed E-state index contributed by atoms with van der Waals surface area (Å²) in [5.41, 5.74) is 0.457. The van der Waals surface area contributed by atoms with E-state index in [9.17, 15) is 17.6 Å². The summed E-state index contributed by atoms with van der Waals surface area (Å²) >= 11 is 0. The molecule has 28 heavy (non-hydrogen) atoms. The Morgan fingerprint density at radius 3 is 2.68 bits per heavy atom. The average Bonchev–Trinajstić information content (AvgIpc) is 2.67. The molecular weight excluding hydrogens is 383 g/mol. The minimum atomic E-state index is -3.53. The van der Waals surface area contributed by atoms with Crippen molar-refractivity contribution in [2.75, 3.05) is 25.0 Å². The molecule has 150 valence electrons. The van der Waals surface area contributed by atoms with Crippen molar-refractivity contribution in [2.45, 2.75) is 24.7 Å². The molecule has 6 nitrogen and oxygen atoms in total. The van der Waals surface area contributed by atoms with Crippen LogP contribution in [0.25, 0.3) is 0 Å². The number of nitrogens with one attached hydrogen (secondary N) is 1. The van der Waals surface area contributed by atoms with Gasteiger partial charge < -0.3 is 10.1 Å². The van der Waals surface area contributed by atoms with Gasteiger partial charge in [0.05, 0.1) is 4.90 Å². The lowest BCUT2D eigenvalue weighted by molar-refractivity contribution is -0.118. The minimum absolute atomic E-state index is 0.204. The van der Waals surface area contributed by atoms with Gasteiger partial charge >= 0.3 is 0 Å². The van der Waals surface area contributed by atoms with Gasteiger partial charge in [-0.2, -0.15) is 4.31 Å². The van der Waals surface area contributed by atoms with Gasteiger partial charge in [-0.3, -0.25) is 4.79 Å². The van der Waals surface area contributed by atoms with Crippen LogP contribution in [0.2, 0.25) is 0 Å². The summed E-state index contributed by atoms with van der Waals surface area (Å²) in [7, 11) is -3.53. The third-order valence-corrected chi connectivity index (χ3v) is 6.44. The summed E-state index contributed by atoms with van der Waals surface area (Å²) in [5.74, 6) is -0.268. The number of carbonyl (C=O) groups excluding carboxylic acids is 1. The molecule has 1 fully saturated rings. The molecule has 1 aliphatic rings. The van der Waals surface area contributed by atoms with E-state index in [0.29, 0.717) is 24.7 Å². The first kappa shape index (κ1) is 20.3. The Bertz CT molecular complexity index is 931. The van der Waals surface area contributed by atoms with Gasteiger partial charge in [-0.05, 0) is 55.2 Å². The number of hydrogen-bond acceptors (Lipinski definition) is 4. The molecular formula is C20H23FN2O4S. The Morgan fingerprint density at radius 1 is 1.25 bits per heavy atom. The predicted octanol–water partition coefficient (Wildman–Crippen LogP) is 3.26. The number of rotatable bonds is 6. The van der Waals surface area contributed by atoms with Crippen molar-refractivity contribution in [1.29, 1.82) is 0 Å². The second-order valence-electron chi connectivity index (χ2n) is 6.93. The van der Waals surface area contributed by atoms with Crippen molar-refractivity contribution in [2.24, 2.45) is 5.92 Å². The van der Waals surface area contributed by atoms with Crippen LogP contribution >= 0.6 is 0 Å². The number of piperidine rings is 1. The first-order valence-electron chi connectivity index (χ1n) is 9.13. The molecule has 1 heterocycles. The molecule has 1 amide bonds. The normalized spacial score (nSPS) is 17.9. The van der Waals surface area contributed by atoms with Crippen LogP contribution in [0.15, 0.2) is 53.4 Å². The number of anilines is 1. The smallest absolute Gasteiger partial charge is 0.262 e. The number of sulfonamides is 1. The number of amides is 1. The molecule has 0 saturated carbocycles. The molecule has 1 N–H and O–H groups in total. The van der Waals surface area contributed by atoms with E-state index in [1.54, 1.807) is 18.2 Å². The summed E-state index contributed by atoms with van der Waals surface area (Å²) in [4.78, 5) is 12.2. The predicted molar refractivity (Wildman–Crippen MR) is 104 cm³/mol. The van der Waals surface area contributed by atoms with E-state index in [1.165, 1.54) is 34.6 Å². The van der Waals surface area contributed by atoms with Gasteiger partial charge in [0.1, 0.15) is 11.6 Å². The molecule has 0 bridgehead atoms. The number of carbonyl (C=O) groups is 1. The molecule has 0 unspecified atom stereocenters. The highest BCUT2D eigenvalue weighted by Crippen LogP contribution is 2.24. The highest BCUT2D eigenvalue weighted by Gasteiger charge is 2.28. The quantitative estimate of drug-likeness (QED) is 0.799. The summed E-state index contributed by atoms with van der Waals surface area (Å²) < 4.78 is 45.3. The van der Waals surface area contributed by atoms with Crippen LogP contribution in [-0.2, 0) is 14.8 Å². The first-order chi connectivity index (χ1) is 13.3. The maximum Gasteiger partial charge on any atom is 0.262 e. The Labute approximate surface area is 164 Å². The van der Waals surface area contributed by atoms with Gasteiger partial charge in [0.2, 0.25) is 10.0 Å². The van der Waals surface area contributed by atoms with Crippen LogP contribution in [0.4, 0.5) is 10.1 Å². The van der Waals surface area contributed by atoms with Crippen LogP contribution in [0.1, 0.15) is 19.8 Å². The number of ether oxygens (including phenoxy) is 1. The minimum Gasteiger partial charge on any atom is -0.484 e. The Balaban J connectivity index is 1.58. The van der Waals surface area contributed by atoms with Gasteiger partial charge in [0.25, 0.3) is 5.91 Å². The van der Waals surface area contributed by atoms with Crippen molar-refractivity contribution in [1.82, 2.24) is 4.31 Å². The largest absolute Gasteiger partial charge is 0.484 e. The average molecular weight is 406 g/mol. The number of benzene rings is 2. The number of hydrogen-bond donors (Lipinski definition) is 1. The summed E-state index contributed by atoms with van der Waals surface area (Å²) in [6.07, 6.45) is 1.90. The molecule has 3 rings (SSSR count). The Hall–Kier alpha value is -2.45. The number of nitrogens with zero attached hydrogens (tertiary/aromatic N) is 1. The third-order valence-electron chi connectivity index (χ3n) is 4.56. The highest BCUT2D eigenvalue weighted by atomic mass is 32.2.